The lowest BCUT2D eigenvalue weighted by Gasteiger charge is -2.12. The highest BCUT2D eigenvalue weighted by Crippen LogP contribution is 2.23. The maximum Gasteiger partial charge on any atom is 0.261 e. The third kappa shape index (κ3) is 4.49. The number of para-hydroxylation sites is 1. The van der Waals surface area contributed by atoms with E-state index in [1.165, 1.54) is 60.7 Å². The van der Waals surface area contributed by atoms with Gasteiger partial charge in [0.1, 0.15) is 5.82 Å². The van der Waals surface area contributed by atoms with Gasteiger partial charge in [0.05, 0.1) is 16.3 Å². The highest BCUT2D eigenvalue weighted by atomic mass is 35.5. The van der Waals surface area contributed by atoms with E-state index in [1.807, 2.05) is 0 Å². The summed E-state index contributed by atoms with van der Waals surface area (Å²) < 4.78 is 41.1. The number of rotatable bonds is 5. The van der Waals surface area contributed by atoms with Crippen molar-refractivity contribution in [3.8, 4) is 0 Å². The fourth-order valence-corrected chi connectivity index (χ4v) is 3.75. The number of nitrogens with one attached hydrogen (secondary N) is 2. The molecule has 0 heterocycles. The Hall–Kier alpha value is -2.90. The van der Waals surface area contributed by atoms with Crippen molar-refractivity contribution in [1.29, 1.82) is 0 Å². The van der Waals surface area contributed by atoms with Crippen molar-refractivity contribution in [2.75, 3.05) is 10.0 Å². The number of carbonyl (C=O) groups is 1. The van der Waals surface area contributed by atoms with E-state index in [1.54, 1.807) is 13.0 Å². The molecule has 0 bridgehead atoms. The SMILES string of the molecule is Cc1cc(C(=O)Nc2ccccc2F)ccc1NS(=O)(=O)c1ccc(Cl)cc1. The van der Waals surface area contributed by atoms with Crippen LogP contribution in [0.25, 0.3) is 0 Å². The molecule has 8 heteroatoms. The standard InChI is InChI=1S/C20H16ClFN2O3S/c1-13-12-14(20(25)23-19-5-3-2-4-17(19)22)6-11-18(13)24-28(26,27)16-9-7-15(21)8-10-16/h2-12,24H,1H3,(H,23,25). The van der Waals surface area contributed by atoms with Gasteiger partial charge in [0.2, 0.25) is 0 Å². The molecular weight excluding hydrogens is 403 g/mol. The van der Waals surface area contributed by atoms with Gasteiger partial charge in [0.15, 0.2) is 0 Å². The van der Waals surface area contributed by atoms with Gasteiger partial charge in [-0.15, -0.1) is 0 Å². The summed E-state index contributed by atoms with van der Waals surface area (Å²) in [6.07, 6.45) is 0. The average Bonchev–Trinajstić information content (AvgIpc) is 2.65. The molecule has 0 aromatic heterocycles. The first-order valence-corrected chi connectivity index (χ1v) is 10.1. The van der Waals surface area contributed by atoms with Crippen LogP contribution in [-0.2, 0) is 10.0 Å². The molecule has 5 nitrogen and oxygen atoms in total. The first kappa shape index (κ1) is 19.9. The van der Waals surface area contributed by atoms with Crippen molar-refractivity contribution >= 4 is 38.9 Å². The fourth-order valence-electron chi connectivity index (χ4n) is 2.49. The van der Waals surface area contributed by atoms with Crippen LogP contribution in [0.15, 0.2) is 71.6 Å². The van der Waals surface area contributed by atoms with Gasteiger partial charge >= 0.3 is 0 Å². The minimum atomic E-state index is -3.80. The maximum atomic E-state index is 13.7. The van der Waals surface area contributed by atoms with E-state index in [2.05, 4.69) is 10.0 Å². The third-order valence-electron chi connectivity index (χ3n) is 3.98. The molecule has 2 N–H and O–H groups in total. The number of sulfonamides is 1. The molecule has 28 heavy (non-hydrogen) atoms. The highest BCUT2D eigenvalue weighted by molar-refractivity contribution is 7.92. The molecule has 0 unspecified atom stereocenters. The molecule has 1 amide bonds. The molecule has 3 aromatic rings. The van der Waals surface area contributed by atoms with Crippen LogP contribution >= 0.6 is 11.6 Å². The van der Waals surface area contributed by atoms with Crippen molar-refractivity contribution < 1.29 is 17.6 Å². The molecular formula is C20H16ClFN2O3S. The Balaban J connectivity index is 1.79. The average molecular weight is 419 g/mol. The second-order valence-corrected chi connectivity index (χ2v) is 8.14. The fraction of sp³-hybridized carbons (Fsp3) is 0.0500. The number of amides is 1. The van der Waals surface area contributed by atoms with Crippen molar-refractivity contribution in [2.45, 2.75) is 11.8 Å². The Morgan fingerprint density at radius 3 is 2.29 bits per heavy atom. The zero-order chi connectivity index (χ0) is 20.3. The zero-order valence-electron chi connectivity index (χ0n) is 14.7. The van der Waals surface area contributed by atoms with E-state index < -0.39 is 21.7 Å². The van der Waals surface area contributed by atoms with E-state index in [-0.39, 0.29) is 16.1 Å². The van der Waals surface area contributed by atoms with Gasteiger partial charge in [0, 0.05) is 10.6 Å². The Kier molecular flexibility index (Phi) is 5.67. The van der Waals surface area contributed by atoms with Gasteiger partial charge in [0.25, 0.3) is 15.9 Å². The van der Waals surface area contributed by atoms with Crippen LogP contribution < -0.4 is 10.0 Å². The molecule has 0 aliphatic carbocycles. The Bertz CT molecular complexity index is 1130. The van der Waals surface area contributed by atoms with Crippen LogP contribution in [0, 0.1) is 12.7 Å². The molecule has 0 radical (unpaired) electrons. The van der Waals surface area contributed by atoms with E-state index in [0.29, 0.717) is 16.3 Å². The smallest absolute Gasteiger partial charge is 0.261 e. The summed E-state index contributed by atoms with van der Waals surface area (Å²) in [5, 5.41) is 2.92. The van der Waals surface area contributed by atoms with Crippen LogP contribution in [0.5, 0.6) is 0 Å². The van der Waals surface area contributed by atoms with E-state index in [0.717, 1.165) is 0 Å². The quantitative estimate of drug-likeness (QED) is 0.622. The van der Waals surface area contributed by atoms with Crippen LogP contribution in [0.2, 0.25) is 5.02 Å². The lowest BCUT2D eigenvalue weighted by molar-refractivity contribution is 0.102. The number of anilines is 2. The normalized spacial score (nSPS) is 11.1. The summed E-state index contributed by atoms with van der Waals surface area (Å²) in [5.74, 6) is -1.04. The Morgan fingerprint density at radius 2 is 1.64 bits per heavy atom. The van der Waals surface area contributed by atoms with Gasteiger partial charge in [-0.05, 0) is 67.1 Å². The van der Waals surface area contributed by atoms with Gasteiger partial charge in [-0.2, -0.15) is 0 Å². The molecule has 0 saturated heterocycles. The summed E-state index contributed by atoms with van der Waals surface area (Å²) in [5.41, 5.74) is 1.21. The van der Waals surface area contributed by atoms with Gasteiger partial charge in [-0.1, -0.05) is 23.7 Å². The van der Waals surface area contributed by atoms with Crippen molar-refractivity contribution in [2.24, 2.45) is 0 Å². The van der Waals surface area contributed by atoms with Gasteiger partial charge < -0.3 is 5.32 Å². The van der Waals surface area contributed by atoms with Gasteiger partial charge in [-0.3, -0.25) is 9.52 Å². The molecule has 3 aromatic carbocycles. The number of hydrogen-bond acceptors (Lipinski definition) is 3. The minimum Gasteiger partial charge on any atom is -0.319 e. The lowest BCUT2D eigenvalue weighted by atomic mass is 10.1. The summed E-state index contributed by atoms with van der Waals surface area (Å²) in [4.78, 5) is 12.4. The van der Waals surface area contributed by atoms with Crippen LogP contribution in [0.3, 0.4) is 0 Å². The lowest BCUT2D eigenvalue weighted by Crippen LogP contribution is -2.15. The first-order chi connectivity index (χ1) is 13.3. The van der Waals surface area contributed by atoms with E-state index in [9.17, 15) is 17.6 Å². The largest absolute Gasteiger partial charge is 0.319 e. The second kappa shape index (κ2) is 8.00. The van der Waals surface area contributed by atoms with E-state index >= 15 is 0 Å². The van der Waals surface area contributed by atoms with Crippen molar-refractivity contribution in [3.63, 3.8) is 0 Å². The minimum absolute atomic E-state index is 0.0673. The molecule has 144 valence electrons. The topological polar surface area (TPSA) is 75.3 Å². The van der Waals surface area contributed by atoms with Gasteiger partial charge in [-0.25, -0.2) is 12.8 Å². The monoisotopic (exact) mass is 418 g/mol. The van der Waals surface area contributed by atoms with Crippen LogP contribution in [0.1, 0.15) is 15.9 Å². The van der Waals surface area contributed by atoms with E-state index in [4.69, 9.17) is 11.6 Å². The second-order valence-electron chi connectivity index (χ2n) is 6.02. The first-order valence-electron chi connectivity index (χ1n) is 8.21. The van der Waals surface area contributed by atoms with Crippen LogP contribution in [-0.4, -0.2) is 14.3 Å². The molecule has 0 aliphatic heterocycles. The number of halogens is 2. The molecule has 0 spiro atoms. The van der Waals surface area contributed by atoms with Crippen molar-refractivity contribution in [1.82, 2.24) is 0 Å². The van der Waals surface area contributed by atoms with Crippen LogP contribution in [0.4, 0.5) is 15.8 Å². The predicted octanol–water partition coefficient (Wildman–Crippen LogP) is 4.84. The number of hydrogen-bond donors (Lipinski definition) is 2. The summed E-state index contributed by atoms with van der Waals surface area (Å²) >= 11 is 5.79. The maximum absolute atomic E-state index is 13.7. The molecule has 0 saturated carbocycles. The zero-order valence-corrected chi connectivity index (χ0v) is 16.3. The molecule has 3 rings (SSSR count). The van der Waals surface area contributed by atoms with Crippen molar-refractivity contribution in [3.05, 3.63) is 88.7 Å². The Labute approximate surface area is 167 Å². The summed E-state index contributed by atoms with van der Waals surface area (Å²) in [7, 11) is -3.80. The summed E-state index contributed by atoms with van der Waals surface area (Å²) in [6, 6.07) is 16.1. The molecule has 0 aliphatic rings. The summed E-state index contributed by atoms with van der Waals surface area (Å²) in [6.45, 7) is 1.67. The molecule has 0 fully saturated rings. The number of benzene rings is 3. The highest BCUT2D eigenvalue weighted by Gasteiger charge is 2.16. The molecule has 0 atom stereocenters. The number of aryl methyl sites for hydroxylation is 1. The number of carbonyl (C=O) groups excluding carboxylic acids is 1. The predicted molar refractivity (Wildman–Crippen MR) is 108 cm³/mol. The Morgan fingerprint density at radius 1 is 0.964 bits per heavy atom. The third-order valence-corrected chi connectivity index (χ3v) is 5.61.